The van der Waals surface area contributed by atoms with Gasteiger partial charge in [0.05, 0.1) is 17.7 Å². The molecule has 0 saturated carbocycles. The van der Waals surface area contributed by atoms with Crippen molar-refractivity contribution in [3.05, 3.63) is 46.5 Å². The zero-order valence-electron chi connectivity index (χ0n) is 10.9. The summed E-state index contributed by atoms with van der Waals surface area (Å²) in [6, 6.07) is 6.02. The van der Waals surface area contributed by atoms with Gasteiger partial charge in [-0.3, -0.25) is 0 Å². The van der Waals surface area contributed by atoms with Gasteiger partial charge in [0, 0.05) is 10.7 Å². The standard InChI is InChI=1S/C15H18ClN3/c16-12-5-6-14(11(9-12)7-8-17)19-10-18-13-3-1-2-4-15(13)19/h5-6,9-10H,1-4,7-8,17H2. The second-order valence-electron chi connectivity index (χ2n) is 5.03. The average molecular weight is 276 g/mol. The van der Waals surface area contributed by atoms with Gasteiger partial charge in [0.15, 0.2) is 0 Å². The molecule has 19 heavy (non-hydrogen) atoms. The molecule has 0 spiro atoms. The first kappa shape index (κ1) is 12.7. The van der Waals surface area contributed by atoms with Gasteiger partial charge in [0.25, 0.3) is 0 Å². The van der Waals surface area contributed by atoms with Gasteiger partial charge < -0.3 is 10.3 Å². The number of nitrogens with zero attached hydrogens (tertiary/aromatic N) is 2. The Morgan fingerprint density at radius 2 is 2.11 bits per heavy atom. The van der Waals surface area contributed by atoms with Crippen molar-refractivity contribution in [1.82, 2.24) is 9.55 Å². The number of aryl methyl sites for hydroxylation is 1. The van der Waals surface area contributed by atoms with Crippen LogP contribution in [0.15, 0.2) is 24.5 Å². The number of imidazole rings is 1. The number of benzene rings is 1. The summed E-state index contributed by atoms with van der Waals surface area (Å²) in [5.41, 5.74) is 10.7. The first-order chi connectivity index (χ1) is 9.29. The number of hydrogen-bond donors (Lipinski definition) is 1. The van der Waals surface area contributed by atoms with E-state index in [-0.39, 0.29) is 0 Å². The summed E-state index contributed by atoms with van der Waals surface area (Å²) < 4.78 is 2.22. The molecule has 0 aliphatic heterocycles. The largest absolute Gasteiger partial charge is 0.330 e. The average Bonchev–Trinajstić information content (AvgIpc) is 2.83. The van der Waals surface area contributed by atoms with Crippen molar-refractivity contribution in [2.45, 2.75) is 32.1 Å². The summed E-state index contributed by atoms with van der Waals surface area (Å²) in [6.07, 6.45) is 7.49. The third kappa shape index (κ3) is 2.40. The highest BCUT2D eigenvalue weighted by Gasteiger charge is 2.17. The molecule has 1 aromatic heterocycles. The summed E-state index contributed by atoms with van der Waals surface area (Å²) in [6.45, 7) is 0.629. The number of aromatic nitrogens is 2. The van der Waals surface area contributed by atoms with Crippen molar-refractivity contribution in [3.63, 3.8) is 0 Å². The fourth-order valence-electron chi connectivity index (χ4n) is 2.82. The highest BCUT2D eigenvalue weighted by atomic mass is 35.5. The van der Waals surface area contributed by atoms with E-state index in [4.69, 9.17) is 17.3 Å². The Morgan fingerprint density at radius 1 is 1.26 bits per heavy atom. The lowest BCUT2D eigenvalue weighted by Crippen LogP contribution is -2.10. The second-order valence-corrected chi connectivity index (χ2v) is 5.46. The van der Waals surface area contributed by atoms with Crippen LogP contribution in [0, 0.1) is 0 Å². The molecule has 0 unspecified atom stereocenters. The first-order valence-electron chi connectivity index (χ1n) is 6.83. The highest BCUT2D eigenvalue weighted by Crippen LogP contribution is 2.26. The number of fused-ring (bicyclic) bond motifs is 1. The fourth-order valence-corrected chi connectivity index (χ4v) is 3.02. The molecule has 0 fully saturated rings. The molecule has 3 rings (SSSR count). The molecule has 0 atom stereocenters. The molecule has 0 bridgehead atoms. The van der Waals surface area contributed by atoms with E-state index in [0.717, 1.165) is 24.3 Å². The molecule has 0 saturated heterocycles. The van der Waals surface area contributed by atoms with Crippen molar-refractivity contribution in [2.24, 2.45) is 5.73 Å². The van der Waals surface area contributed by atoms with Crippen LogP contribution in [0.4, 0.5) is 0 Å². The third-order valence-corrected chi connectivity index (χ3v) is 3.98. The minimum Gasteiger partial charge on any atom is -0.330 e. The van der Waals surface area contributed by atoms with Crippen LogP contribution in [0.1, 0.15) is 29.8 Å². The van der Waals surface area contributed by atoms with Crippen LogP contribution >= 0.6 is 11.6 Å². The van der Waals surface area contributed by atoms with Crippen LogP contribution in [-0.2, 0) is 19.3 Å². The van der Waals surface area contributed by atoms with E-state index < -0.39 is 0 Å². The molecule has 1 aliphatic rings. The molecule has 0 radical (unpaired) electrons. The summed E-state index contributed by atoms with van der Waals surface area (Å²) >= 11 is 6.09. The zero-order valence-corrected chi connectivity index (χ0v) is 11.7. The highest BCUT2D eigenvalue weighted by molar-refractivity contribution is 6.30. The molecular weight excluding hydrogens is 258 g/mol. The van der Waals surface area contributed by atoms with Crippen LogP contribution in [0.25, 0.3) is 5.69 Å². The summed E-state index contributed by atoms with van der Waals surface area (Å²) in [7, 11) is 0. The number of rotatable bonds is 3. The molecule has 100 valence electrons. The minimum absolute atomic E-state index is 0.629. The Bertz CT molecular complexity index is 589. The van der Waals surface area contributed by atoms with Gasteiger partial charge in [-0.2, -0.15) is 0 Å². The van der Waals surface area contributed by atoms with E-state index in [0.29, 0.717) is 6.54 Å². The molecule has 2 aromatic rings. The summed E-state index contributed by atoms with van der Waals surface area (Å²) in [5.74, 6) is 0. The Hall–Kier alpha value is -1.32. The molecule has 1 aliphatic carbocycles. The maximum absolute atomic E-state index is 6.09. The summed E-state index contributed by atoms with van der Waals surface area (Å²) in [5, 5.41) is 0.765. The number of halogens is 1. The van der Waals surface area contributed by atoms with Gasteiger partial charge in [-0.25, -0.2) is 4.98 Å². The quantitative estimate of drug-likeness (QED) is 0.936. The van der Waals surface area contributed by atoms with Crippen molar-refractivity contribution in [2.75, 3.05) is 6.54 Å². The van der Waals surface area contributed by atoms with Gasteiger partial charge in [-0.05, 0) is 62.4 Å². The van der Waals surface area contributed by atoms with Crippen molar-refractivity contribution >= 4 is 11.6 Å². The third-order valence-electron chi connectivity index (χ3n) is 3.74. The topological polar surface area (TPSA) is 43.8 Å². The van der Waals surface area contributed by atoms with Gasteiger partial charge in [-0.15, -0.1) is 0 Å². The van der Waals surface area contributed by atoms with Crippen LogP contribution < -0.4 is 5.73 Å². The Kier molecular flexibility index (Phi) is 3.58. The van der Waals surface area contributed by atoms with Gasteiger partial charge in [0.1, 0.15) is 0 Å². The maximum atomic E-state index is 6.09. The Morgan fingerprint density at radius 3 is 2.95 bits per heavy atom. The van der Waals surface area contributed by atoms with Crippen molar-refractivity contribution in [3.8, 4) is 5.69 Å². The van der Waals surface area contributed by atoms with Crippen LogP contribution in [-0.4, -0.2) is 16.1 Å². The molecule has 0 amide bonds. The Balaban J connectivity index is 2.08. The van der Waals surface area contributed by atoms with Gasteiger partial charge in [-0.1, -0.05) is 11.6 Å². The van der Waals surface area contributed by atoms with E-state index in [1.807, 2.05) is 18.5 Å². The fraction of sp³-hybridized carbons (Fsp3) is 0.400. The van der Waals surface area contributed by atoms with E-state index in [1.165, 1.54) is 35.5 Å². The molecule has 3 nitrogen and oxygen atoms in total. The second kappa shape index (κ2) is 5.35. The lowest BCUT2D eigenvalue weighted by Gasteiger charge is -2.16. The van der Waals surface area contributed by atoms with E-state index >= 15 is 0 Å². The SMILES string of the molecule is NCCc1cc(Cl)ccc1-n1cnc2c1CCCC2. The van der Waals surface area contributed by atoms with Crippen molar-refractivity contribution in [1.29, 1.82) is 0 Å². The number of hydrogen-bond acceptors (Lipinski definition) is 2. The maximum Gasteiger partial charge on any atom is 0.0997 e. The van der Waals surface area contributed by atoms with E-state index in [9.17, 15) is 0 Å². The van der Waals surface area contributed by atoms with Crippen molar-refractivity contribution < 1.29 is 0 Å². The number of nitrogens with two attached hydrogens (primary N) is 1. The predicted octanol–water partition coefficient (Wildman–Crippen LogP) is 2.91. The molecule has 2 N–H and O–H groups in total. The first-order valence-corrected chi connectivity index (χ1v) is 7.21. The van der Waals surface area contributed by atoms with E-state index in [2.05, 4.69) is 15.6 Å². The normalized spacial score (nSPS) is 14.4. The van der Waals surface area contributed by atoms with Gasteiger partial charge >= 0.3 is 0 Å². The predicted molar refractivity (Wildman–Crippen MR) is 78.0 cm³/mol. The smallest absolute Gasteiger partial charge is 0.0997 e. The lowest BCUT2D eigenvalue weighted by molar-refractivity contribution is 0.655. The van der Waals surface area contributed by atoms with Crippen LogP contribution in [0.2, 0.25) is 5.02 Å². The molecule has 1 heterocycles. The summed E-state index contributed by atoms with van der Waals surface area (Å²) in [4.78, 5) is 4.56. The van der Waals surface area contributed by atoms with Crippen LogP contribution in [0.3, 0.4) is 0 Å². The van der Waals surface area contributed by atoms with Gasteiger partial charge in [0.2, 0.25) is 0 Å². The molecule has 4 heteroatoms. The minimum atomic E-state index is 0.629. The molecular formula is C15H18ClN3. The zero-order chi connectivity index (χ0) is 13.2. The Labute approximate surface area is 118 Å². The lowest BCUT2D eigenvalue weighted by atomic mass is 10.0. The van der Waals surface area contributed by atoms with E-state index in [1.54, 1.807) is 0 Å². The molecule has 1 aromatic carbocycles. The monoisotopic (exact) mass is 275 g/mol. The van der Waals surface area contributed by atoms with Crippen LogP contribution in [0.5, 0.6) is 0 Å².